The number of hydrogen-bond donors (Lipinski definition) is 0. The molecule has 5 nitrogen and oxygen atoms in total. The van der Waals surface area contributed by atoms with Crippen LogP contribution in [0.3, 0.4) is 0 Å². The van der Waals surface area contributed by atoms with E-state index in [4.69, 9.17) is 0 Å². The van der Waals surface area contributed by atoms with E-state index >= 15 is 0 Å². The van der Waals surface area contributed by atoms with Gasteiger partial charge in [0.2, 0.25) is 15.9 Å². The Labute approximate surface area is 159 Å². The molecule has 0 aliphatic carbocycles. The third-order valence-corrected chi connectivity index (χ3v) is 6.70. The number of carbonyl (C=O) groups excluding carboxylic acids is 1. The molecule has 1 saturated heterocycles. The topological polar surface area (TPSA) is 57.7 Å². The van der Waals surface area contributed by atoms with E-state index in [2.05, 4.69) is 0 Å². The third kappa shape index (κ3) is 4.73. The van der Waals surface area contributed by atoms with Crippen LogP contribution in [0.5, 0.6) is 0 Å². The van der Waals surface area contributed by atoms with Crippen LogP contribution < -0.4 is 0 Å². The highest BCUT2D eigenvalue weighted by molar-refractivity contribution is 7.89. The summed E-state index contributed by atoms with van der Waals surface area (Å²) in [5.41, 5.74) is 1.91. The molecule has 0 bridgehead atoms. The van der Waals surface area contributed by atoms with Crippen LogP contribution in [-0.4, -0.2) is 49.7 Å². The summed E-state index contributed by atoms with van der Waals surface area (Å²) in [5, 5.41) is 0. The zero-order valence-electron chi connectivity index (χ0n) is 15.3. The number of piperazine rings is 1. The molecule has 1 aliphatic heterocycles. The van der Waals surface area contributed by atoms with Gasteiger partial charge >= 0.3 is 0 Å². The van der Waals surface area contributed by atoms with E-state index in [0.29, 0.717) is 39.0 Å². The van der Waals surface area contributed by atoms with Gasteiger partial charge in [0.25, 0.3) is 0 Å². The predicted octanol–water partition coefficient (Wildman–Crippen LogP) is 2.60. The Morgan fingerprint density at radius 2 is 1.56 bits per heavy atom. The zero-order valence-corrected chi connectivity index (χ0v) is 16.1. The number of hydrogen-bond acceptors (Lipinski definition) is 3. The van der Waals surface area contributed by atoms with Crippen LogP contribution in [0.15, 0.2) is 53.4 Å². The Hall–Kier alpha value is -2.25. The molecule has 0 aromatic heterocycles. The standard InChI is InChI=1S/C20H23FN2O3S/c1-16-2-9-19(10-3-16)27(25,26)23-14-12-22(13-15-23)20(24)11-6-17-4-7-18(21)8-5-17/h2-5,7-10H,6,11-15H2,1H3. The average molecular weight is 390 g/mol. The summed E-state index contributed by atoms with van der Waals surface area (Å²) >= 11 is 0. The monoisotopic (exact) mass is 390 g/mol. The molecule has 0 radical (unpaired) electrons. The molecule has 7 heteroatoms. The Morgan fingerprint density at radius 1 is 0.963 bits per heavy atom. The summed E-state index contributed by atoms with van der Waals surface area (Å²) in [4.78, 5) is 14.4. The predicted molar refractivity (Wildman–Crippen MR) is 101 cm³/mol. The first-order valence-electron chi connectivity index (χ1n) is 8.95. The molecule has 27 heavy (non-hydrogen) atoms. The van der Waals surface area contributed by atoms with E-state index in [1.807, 2.05) is 6.92 Å². The number of aryl methyl sites for hydroxylation is 2. The molecule has 1 amide bonds. The van der Waals surface area contributed by atoms with Crippen LogP contribution in [0, 0.1) is 12.7 Å². The summed E-state index contributed by atoms with van der Waals surface area (Å²) in [6, 6.07) is 12.9. The molecular weight excluding hydrogens is 367 g/mol. The van der Waals surface area contributed by atoms with E-state index in [1.165, 1.54) is 16.4 Å². The zero-order chi connectivity index (χ0) is 19.4. The van der Waals surface area contributed by atoms with Gasteiger partial charge in [-0.05, 0) is 43.2 Å². The van der Waals surface area contributed by atoms with Crippen LogP contribution in [0.4, 0.5) is 4.39 Å². The molecule has 2 aromatic carbocycles. The number of sulfonamides is 1. The highest BCUT2D eigenvalue weighted by Crippen LogP contribution is 2.18. The maximum atomic E-state index is 12.9. The summed E-state index contributed by atoms with van der Waals surface area (Å²) in [7, 11) is -3.53. The van der Waals surface area contributed by atoms with Crippen molar-refractivity contribution in [2.45, 2.75) is 24.7 Å². The maximum absolute atomic E-state index is 12.9. The summed E-state index contributed by atoms with van der Waals surface area (Å²) in [6.07, 6.45) is 0.872. The molecule has 0 saturated carbocycles. The second kappa shape index (κ2) is 8.19. The molecular formula is C20H23FN2O3S. The first-order chi connectivity index (χ1) is 12.9. The highest BCUT2D eigenvalue weighted by atomic mass is 32.2. The van der Waals surface area contributed by atoms with Crippen LogP contribution >= 0.6 is 0 Å². The van der Waals surface area contributed by atoms with Crippen LogP contribution in [-0.2, 0) is 21.2 Å². The first-order valence-corrected chi connectivity index (χ1v) is 10.4. The highest BCUT2D eigenvalue weighted by Gasteiger charge is 2.29. The maximum Gasteiger partial charge on any atom is 0.243 e. The third-order valence-electron chi connectivity index (χ3n) is 4.79. The minimum atomic E-state index is -3.53. The SMILES string of the molecule is Cc1ccc(S(=O)(=O)N2CCN(C(=O)CCc3ccc(F)cc3)CC2)cc1. The lowest BCUT2D eigenvalue weighted by molar-refractivity contribution is -0.132. The molecule has 0 spiro atoms. The fraction of sp³-hybridized carbons (Fsp3) is 0.350. The summed E-state index contributed by atoms with van der Waals surface area (Å²) < 4.78 is 39.8. The molecule has 0 N–H and O–H groups in total. The number of carbonyl (C=O) groups is 1. The van der Waals surface area contributed by atoms with Crippen LogP contribution in [0.25, 0.3) is 0 Å². The molecule has 1 aliphatic rings. The minimum absolute atomic E-state index is 0.00768. The van der Waals surface area contributed by atoms with Gasteiger partial charge in [0.05, 0.1) is 4.90 Å². The normalized spacial score (nSPS) is 15.7. The van der Waals surface area contributed by atoms with E-state index < -0.39 is 10.0 Å². The summed E-state index contributed by atoms with van der Waals surface area (Å²) in [6.45, 7) is 3.25. The molecule has 0 unspecified atom stereocenters. The van der Waals surface area contributed by atoms with Gasteiger partial charge in [-0.3, -0.25) is 4.79 Å². The average Bonchev–Trinajstić information content (AvgIpc) is 2.68. The van der Waals surface area contributed by atoms with E-state index in [0.717, 1.165) is 11.1 Å². The molecule has 144 valence electrons. The van der Waals surface area contributed by atoms with Crippen molar-refractivity contribution in [3.8, 4) is 0 Å². The van der Waals surface area contributed by atoms with Crippen molar-refractivity contribution in [2.75, 3.05) is 26.2 Å². The van der Waals surface area contributed by atoms with Gasteiger partial charge < -0.3 is 4.90 Å². The van der Waals surface area contributed by atoms with Gasteiger partial charge in [-0.2, -0.15) is 4.31 Å². The number of nitrogens with zero attached hydrogens (tertiary/aromatic N) is 2. The van der Waals surface area contributed by atoms with Gasteiger partial charge in [-0.1, -0.05) is 29.8 Å². The number of rotatable bonds is 5. The van der Waals surface area contributed by atoms with Gasteiger partial charge in [0.1, 0.15) is 5.82 Å². The van der Waals surface area contributed by atoms with Crippen molar-refractivity contribution in [1.82, 2.24) is 9.21 Å². The van der Waals surface area contributed by atoms with Crippen molar-refractivity contribution in [1.29, 1.82) is 0 Å². The second-order valence-corrected chi connectivity index (χ2v) is 8.66. The molecule has 3 rings (SSSR count). The smallest absolute Gasteiger partial charge is 0.243 e. The van der Waals surface area contributed by atoms with E-state index in [1.54, 1.807) is 41.3 Å². The van der Waals surface area contributed by atoms with Crippen molar-refractivity contribution in [2.24, 2.45) is 0 Å². The van der Waals surface area contributed by atoms with E-state index in [-0.39, 0.29) is 16.6 Å². The lowest BCUT2D eigenvalue weighted by Crippen LogP contribution is -2.50. The Morgan fingerprint density at radius 3 is 2.15 bits per heavy atom. The van der Waals surface area contributed by atoms with Crippen LogP contribution in [0.2, 0.25) is 0 Å². The van der Waals surface area contributed by atoms with Crippen molar-refractivity contribution in [3.63, 3.8) is 0 Å². The van der Waals surface area contributed by atoms with Crippen molar-refractivity contribution in [3.05, 3.63) is 65.5 Å². The first kappa shape index (κ1) is 19.5. The number of amides is 1. The van der Waals surface area contributed by atoms with Crippen molar-refractivity contribution < 1.29 is 17.6 Å². The fourth-order valence-corrected chi connectivity index (χ4v) is 4.52. The lowest BCUT2D eigenvalue weighted by atomic mass is 10.1. The lowest BCUT2D eigenvalue weighted by Gasteiger charge is -2.34. The van der Waals surface area contributed by atoms with Gasteiger partial charge in [0.15, 0.2) is 0 Å². The molecule has 2 aromatic rings. The number of benzene rings is 2. The number of halogens is 1. The van der Waals surface area contributed by atoms with Crippen molar-refractivity contribution >= 4 is 15.9 Å². The molecule has 1 heterocycles. The Kier molecular flexibility index (Phi) is 5.92. The molecule has 0 atom stereocenters. The van der Waals surface area contributed by atoms with Gasteiger partial charge in [0, 0.05) is 32.6 Å². The van der Waals surface area contributed by atoms with E-state index in [9.17, 15) is 17.6 Å². The largest absolute Gasteiger partial charge is 0.340 e. The van der Waals surface area contributed by atoms with Gasteiger partial charge in [-0.15, -0.1) is 0 Å². The van der Waals surface area contributed by atoms with Gasteiger partial charge in [-0.25, -0.2) is 12.8 Å². The summed E-state index contributed by atoms with van der Waals surface area (Å²) in [5.74, 6) is -0.303. The molecule has 1 fully saturated rings. The Balaban J connectivity index is 1.54. The minimum Gasteiger partial charge on any atom is -0.340 e. The Bertz CT molecular complexity index is 888. The quantitative estimate of drug-likeness (QED) is 0.789. The fourth-order valence-electron chi connectivity index (χ4n) is 3.10. The second-order valence-electron chi connectivity index (χ2n) is 6.72. The van der Waals surface area contributed by atoms with Crippen LogP contribution in [0.1, 0.15) is 17.5 Å².